The van der Waals surface area contributed by atoms with Crippen LogP contribution < -0.4 is 0 Å². The minimum atomic E-state index is 2.37. The molecule has 0 rings (SSSR count). The lowest BCUT2D eigenvalue weighted by atomic mass is 10.6. The fourth-order valence-corrected chi connectivity index (χ4v) is 1.68. The molecule has 0 atom stereocenters. The molecule has 0 saturated heterocycles. The van der Waals surface area contributed by atoms with Crippen LogP contribution in [0.1, 0.15) is 0 Å². The van der Waals surface area contributed by atoms with Crippen LogP contribution in [0.4, 0.5) is 0 Å². The predicted molar refractivity (Wildman–Crippen MR) is 204 cm³/mol. The van der Waals surface area contributed by atoms with Crippen LogP contribution in [0, 0.1) is 0 Å². The van der Waals surface area contributed by atoms with Crippen molar-refractivity contribution in [2.45, 2.75) is 0 Å². The second kappa shape index (κ2) is 43.6. The maximum absolute atomic E-state index is 3.31. The Morgan fingerprint density at radius 1 is 0.0877 bits per heavy atom. The SMILES string of the molecule is C=C=C=C=C=C=C=C=C=C=C=C=C=C=C=C=C=C=C=C=C=C=C=C=C=C=C=C=C=C=C=C=C=C=C=C=C=C=C=C=C=C=C=C=C=C=C=C=C=C=C=C=C=C=C=C=C. The molecule has 232 valence electrons. The predicted octanol–water partition coefficient (Wildman–Crippen LogP) is 9.33. The lowest BCUT2D eigenvalue weighted by molar-refractivity contribution is 2.10. The van der Waals surface area contributed by atoms with E-state index in [0.29, 0.717) is 0 Å². The summed E-state index contributed by atoms with van der Waals surface area (Å²) in [7, 11) is 0. The van der Waals surface area contributed by atoms with E-state index in [1.165, 1.54) is 0 Å². The van der Waals surface area contributed by atoms with Crippen molar-refractivity contribution in [1.29, 1.82) is 0 Å². The van der Waals surface area contributed by atoms with Gasteiger partial charge in [0.2, 0.25) is 0 Å². The summed E-state index contributed by atoms with van der Waals surface area (Å²) in [6.07, 6.45) is 0. The van der Waals surface area contributed by atoms with E-state index in [9.17, 15) is 0 Å². The van der Waals surface area contributed by atoms with Crippen LogP contribution in [0.15, 0.2) is 328 Å². The molecule has 0 aliphatic carbocycles. The summed E-state index contributed by atoms with van der Waals surface area (Å²) >= 11 is 0. The van der Waals surface area contributed by atoms with Crippen molar-refractivity contribution in [2.75, 3.05) is 0 Å². The van der Waals surface area contributed by atoms with Crippen molar-refractivity contribution >= 4 is 0 Å². The van der Waals surface area contributed by atoms with E-state index in [1.54, 1.807) is 0 Å². The van der Waals surface area contributed by atoms with Crippen LogP contribution in [-0.2, 0) is 0 Å². The molecule has 0 heteroatoms. The van der Waals surface area contributed by atoms with E-state index < -0.39 is 0 Å². The molecule has 0 aromatic rings. The Morgan fingerprint density at radius 3 is 0.193 bits per heavy atom. The van der Waals surface area contributed by atoms with Gasteiger partial charge in [-0.3, -0.25) is 0 Å². The summed E-state index contributed by atoms with van der Waals surface area (Å²) < 4.78 is 0. The Hall–Kier alpha value is -12.4. The summed E-state index contributed by atoms with van der Waals surface area (Å²) in [5, 5.41) is 0. The van der Waals surface area contributed by atoms with E-state index in [0.717, 1.165) is 0 Å². The Kier molecular flexibility index (Phi) is 34.2. The van der Waals surface area contributed by atoms with Crippen molar-refractivity contribution in [3.63, 3.8) is 0 Å². The summed E-state index contributed by atoms with van der Waals surface area (Å²) in [6, 6.07) is 0. The van der Waals surface area contributed by atoms with Crippen molar-refractivity contribution < 1.29 is 0 Å². The minimum Gasteiger partial charge on any atom is -0.0687 e. The zero-order valence-electron chi connectivity index (χ0n) is 28.9. The van der Waals surface area contributed by atoms with Crippen LogP contribution in [0.2, 0.25) is 0 Å². The highest BCUT2D eigenvalue weighted by atomic mass is 13.5. The van der Waals surface area contributed by atoms with Gasteiger partial charge in [-0.2, -0.15) is 0 Å². The van der Waals surface area contributed by atoms with Gasteiger partial charge in [-0.25, -0.2) is 0 Å². The molecule has 0 N–H and O–H groups in total. The largest absolute Gasteiger partial charge is 0.0687 e. The average molecular weight is 689 g/mol. The molecule has 0 aromatic carbocycles. The standard InChI is InChI=1S/C57H4/c1-3-5-7-9-11-13-15-17-19-21-23-25-27-29-31-33-35-37-39-41-43-45-47-49-51-53-55-57-56-54-52-50-48-46-44-42-40-38-36-34-32-30-28-26-24-22-20-18-16-14-12-10-8-6-4-2/h1-2H2. The van der Waals surface area contributed by atoms with Crippen LogP contribution in [-0.4, -0.2) is 0 Å². The van der Waals surface area contributed by atoms with Gasteiger partial charge in [0.25, 0.3) is 0 Å². The molecule has 0 amide bonds. The number of hydrogen-bond donors (Lipinski definition) is 0. The van der Waals surface area contributed by atoms with E-state index in [1.807, 2.05) is 0 Å². The first-order valence-corrected chi connectivity index (χ1v) is 14.2. The van der Waals surface area contributed by atoms with Crippen molar-refractivity contribution in [1.82, 2.24) is 0 Å². The molecule has 0 fully saturated rings. The van der Waals surface area contributed by atoms with Crippen molar-refractivity contribution in [3.8, 4) is 0 Å². The smallest absolute Gasteiger partial charge is 0 e. The topological polar surface area (TPSA) is 0 Å². The van der Waals surface area contributed by atoms with Gasteiger partial charge in [0.15, 0.2) is 0 Å². The fraction of sp³-hybridized carbons (Fsp3) is 0. The van der Waals surface area contributed by atoms with E-state index in [2.05, 4.69) is 328 Å². The van der Waals surface area contributed by atoms with Gasteiger partial charge in [0, 0.05) is 212 Å². The molecule has 0 nitrogen and oxygen atoms in total. The Bertz CT molecular complexity index is 3760. The molecule has 0 radical (unpaired) electrons. The lowest BCUT2D eigenvalue weighted by Crippen LogP contribution is -1.26. The Morgan fingerprint density at radius 2 is 0.140 bits per heavy atom. The lowest BCUT2D eigenvalue weighted by Gasteiger charge is -1.41. The molecule has 0 aliphatic rings. The van der Waals surface area contributed by atoms with Crippen molar-refractivity contribution in [3.05, 3.63) is 328 Å². The van der Waals surface area contributed by atoms with E-state index in [4.69, 9.17) is 0 Å². The van der Waals surface area contributed by atoms with Gasteiger partial charge >= 0.3 is 0 Å². The van der Waals surface area contributed by atoms with E-state index >= 15 is 0 Å². The quantitative estimate of drug-likeness (QED) is 0.223. The highest BCUT2D eigenvalue weighted by molar-refractivity contribution is 4.97. The van der Waals surface area contributed by atoms with Crippen LogP contribution in [0.25, 0.3) is 0 Å². The summed E-state index contributed by atoms with van der Waals surface area (Å²) in [4.78, 5) is 0. The van der Waals surface area contributed by atoms with Gasteiger partial charge in [-0.15, -0.1) is 0 Å². The number of hydrogen-bond acceptors (Lipinski definition) is 0. The summed E-state index contributed by atoms with van der Waals surface area (Å²) in [6.45, 7) is 6.63. The molecule has 0 spiro atoms. The maximum atomic E-state index is 3.31. The zero-order chi connectivity index (χ0) is 40.9. The van der Waals surface area contributed by atoms with Crippen LogP contribution in [0.3, 0.4) is 0 Å². The maximum Gasteiger partial charge on any atom is 0 e. The van der Waals surface area contributed by atoms with Gasteiger partial charge in [0.05, 0.1) is 0 Å². The number of rotatable bonds is 0. The fourth-order valence-electron chi connectivity index (χ4n) is 1.68. The van der Waals surface area contributed by atoms with Crippen molar-refractivity contribution in [2.24, 2.45) is 0 Å². The first-order chi connectivity index (χ1) is 28.4. The third-order valence-electron chi connectivity index (χ3n) is 3.43. The molecule has 0 bridgehead atoms. The molecular formula is C57H4. The minimum absolute atomic E-state index is 2.37. The first-order valence-electron chi connectivity index (χ1n) is 14.2. The third kappa shape index (κ3) is 43.6. The Balaban J connectivity index is 6.10. The Labute approximate surface area is 327 Å². The molecular weight excluding hydrogens is 685 g/mol. The van der Waals surface area contributed by atoms with Gasteiger partial charge in [-0.1, -0.05) is 11.5 Å². The van der Waals surface area contributed by atoms with Gasteiger partial charge < -0.3 is 0 Å². The van der Waals surface area contributed by atoms with Crippen LogP contribution >= 0.6 is 0 Å². The molecule has 0 aromatic heterocycles. The highest BCUT2D eigenvalue weighted by Crippen LogP contribution is 1.62. The molecule has 0 aliphatic heterocycles. The van der Waals surface area contributed by atoms with Crippen LogP contribution in [0.5, 0.6) is 0 Å². The highest BCUT2D eigenvalue weighted by Gasteiger charge is 1.46. The molecule has 0 saturated carbocycles. The summed E-state index contributed by atoms with van der Waals surface area (Å²) in [5.74, 6) is 0. The van der Waals surface area contributed by atoms with Gasteiger partial charge in [0.1, 0.15) is 0 Å². The second-order valence-electron chi connectivity index (χ2n) is 6.98. The van der Waals surface area contributed by atoms with Gasteiger partial charge in [-0.05, 0) is 105 Å². The molecule has 57 heavy (non-hydrogen) atoms. The normalized spacial score (nSPS) is 3.93. The molecule has 0 unspecified atom stereocenters. The monoisotopic (exact) mass is 688 g/mol. The third-order valence-corrected chi connectivity index (χ3v) is 3.43. The second-order valence-corrected chi connectivity index (χ2v) is 6.98. The zero-order valence-corrected chi connectivity index (χ0v) is 28.9. The summed E-state index contributed by atoms with van der Waals surface area (Å²) in [5.41, 5.74) is 137. The van der Waals surface area contributed by atoms with E-state index in [-0.39, 0.29) is 0 Å². The average Bonchev–Trinajstić information content (AvgIpc) is 3.22. The molecule has 0 heterocycles. The first kappa shape index (κ1) is 44.6.